The third-order valence-electron chi connectivity index (χ3n) is 2.57. The summed E-state index contributed by atoms with van der Waals surface area (Å²) in [6.07, 6.45) is 3.20. The first-order valence-corrected chi connectivity index (χ1v) is 5.16. The van der Waals surface area contributed by atoms with E-state index < -0.39 is 0 Å². The zero-order chi connectivity index (χ0) is 7.73. The minimum atomic E-state index is 0.350. The Labute approximate surface area is 71.1 Å². The van der Waals surface area contributed by atoms with E-state index in [-0.39, 0.29) is 0 Å². The number of Topliss-reactive ketones (excluding diaryl/α,β-unsaturated/α-hetero) is 1. The van der Waals surface area contributed by atoms with Crippen LogP contribution in [-0.4, -0.2) is 29.4 Å². The Kier molecular flexibility index (Phi) is 1.93. The molecule has 3 heteroatoms. The van der Waals surface area contributed by atoms with E-state index in [1.54, 1.807) is 0 Å². The van der Waals surface area contributed by atoms with Gasteiger partial charge in [0, 0.05) is 11.2 Å². The number of hydrogen-bond donors (Lipinski definition) is 1. The fraction of sp³-hybridized carbons (Fsp3) is 0.875. The van der Waals surface area contributed by atoms with Crippen molar-refractivity contribution < 1.29 is 4.79 Å². The van der Waals surface area contributed by atoms with E-state index in [0.29, 0.717) is 10.5 Å². The Hall–Kier alpha value is -0.0200. The Balaban J connectivity index is 2.03. The molecule has 0 amide bonds. The molecule has 0 atom stereocenters. The summed E-state index contributed by atoms with van der Waals surface area (Å²) in [5, 5.41) is 3.33. The second-order valence-corrected chi connectivity index (χ2v) is 4.88. The summed E-state index contributed by atoms with van der Waals surface area (Å²) in [5.41, 5.74) is 0. The van der Waals surface area contributed by atoms with Gasteiger partial charge in [-0.2, -0.15) is 0 Å². The largest absolute Gasteiger partial charge is 0.317 e. The van der Waals surface area contributed by atoms with Crippen molar-refractivity contribution >= 4 is 17.5 Å². The van der Waals surface area contributed by atoms with Crippen LogP contribution in [0.15, 0.2) is 0 Å². The highest BCUT2D eigenvalue weighted by molar-refractivity contribution is 8.01. The lowest BCUT2D eigenvalue weighted by Crippen LogP contribution is -2.38. The van der Waals surface area contributed by atoms with Gasteiger partial charge < -0.3 is 5.32 Å². The van der Waals surface area contributed by atoms with Crippen molar-refractivity contribution in [1.82, 2.24) is 5.32 Å². The van der Waals surface area contributed by atoms with Gasteiger partial charge in [-0.05, 0) is 25.9 Å². The third kappa shape index (κ3) is 1.44. The Morgan fingerprint density at radius 1 is 1.36 bits per heavy atom. The summed E-state index contributed by atoms with van der Waals surface area (Å²) in [4.78, 5) is 11.1. The molecule has 11 heavy (non-hydrogen) atoms. The summed E-state index contributed by atoms with van der Waals surface area (Å²) in [7, 11) is 0. The monoisotopic (exact) mass is 171 g/mol. The van der Waals surface area contributed by atoms with Crippen molar-refractivity contribution in [2.24, 2.45) is 0 Å². The van der Waals surface area contributed by atoms with Crippen molar-refractivity contribution in [3.8, 4) is 0 Å². The maximum absolute atomic E-state index is 11.1. The SMILES string of the molecule is O=C1CSC2(CCNCC2)C1. The van der Waals surface area contributed by atoms with Crippen LogP contribution in [0.5, 0.6) is 0 Å². The summed E-state index contributed by atoms with van der Waals surface area (Å²) < 4.78 is 0.350. The number of hydrogen-bond acceptors (Lipinski definition) is 3. The van der Waals surface area contributed by atoms with E-state index in [4.69, 9.17) is 0 Å². The molecule has 2 aliphatic rings. The van der Waals surface area contributed by atoms with E-state index in [1.165, 1.54) is 12.8 Å². The molecule has 2 saturated heterocycles. The molecule has 0 aromatic rings. The van der Waals surface area contributed by atoms with Crippen molar-refractivity contribution in [3.05, 3.63) is 0 Å². The molecule has 2 heterocycles. The van der Waals surface area contributed by atoms with Crippen LogP contribution in [0.1, 0.15) is 19.3 Å². The van der Waals surface area contributed by atoms with E-state index in [2.05, 4.69) is 5.32 Å². The molecule has 1 N–H and O–H groups in total. The van der Waals surface area contributed by atoms with Crippen molar-refractivity contribution in [2.45, 2.75) is 24.0 Å². The molecular weight excluding hydrogens is 158 g/mol. The van der Waals surface area contributed by atoms with Gasteiger partial charge in [0.25, 0.3) is 0 Å². The first-order chi connectivity index (χ1) is 5.31. The summed E-state index contributed by atoms with van der Waals surface area (Å²) in [6, 6.07) is 0. The van der Waals surface area contributed by atoms with Crippen molar-refractivity contribution in [2.75, 3.05) is 18.8 Å². The quantitative estimate of drug-likeness (QED) is 0.585. The van der Waals surface area contributed by atoms with Crippen LogP contribution in [0, 0.1) is 0 Å². The number of piperidine rings is 1. The van der Waals surface area contributed by atoms with Crippen LogP contribution >= 0.6 is 11.8 Å². The van der Waals surface area contributed by atoms with Crippen molar-refractivity contribution in [1.29, 1.82) is 0 Å². The zero-order valence-electron chi connectivity index (χ0n) is 6.56. The van der Waals surface area contributed by atoms with Crippen LogP contribution in [0.25, 0.3) is 0 Å². The standard InChI is InChI=1S/C8H13NOS/c10-7-5-8(11-6-7)1-3-9-4-2-8/h9H,1-6H2. The van der Waals surface area contributed by atoms with Crippen LogP contribution in [-0.2, 0) is 4.79 Å². The molecule has 0 aromatic carbocycles. The second-order valence-electron chi connectivity index (χ2n) is 3.44. The van der Waals surface area contributed by atoms with Crippen LogP contribution < -0.4 is 5.32 Å². The molecule has 2 rings (SSSR count). The number of rotatable bonds is 0. The van der Waals surface area contributed by atoms with Gasteiger partial charge in [-0.25, -0.2) is 0 Å². The maximum atomic E-state index is 11.1. The minimum Gasteiger partial charge on any atom is -0.317 e. The molecule has 0 radical (unpaired) electrons. The van der Waals surface area contributed by atoms with Crippen molar-refractivity contribution in [3.63, 3.8) is 0 Å². The topological polar surface area (TPSA) is 29.1 Å². The molecule has 0 aliphatic carbocycles. The van der Waals surface area contributed by atoms with Gasteiger partial charge >= 0.3 is 0 Å². The fourth-order valence-corrected chi connectivity index (χ4v) is 3.22. The van der Waals surface area contributed by atoms with Gasteiger partial charge in [0.2, 0.25) is 0 Å². The predicted octanol–water partition coefficient (Wildman–Crippen LogP) is 0.815. The third-order valence-corrected chi connectivity index (χ3v) is 4.20. The maximum Gasteiger partial charge on any atom is 0.144 e. The second kappa shape index (κ2) is 2.79. The number of carbonyl (C=O) groups excluding carboxylic acids is 1. The van der Waals surface area contributed by atoms with E-state index >= 15 is 0 Å². The van der Waals surface area contributed by atoms with Crippen LogP contribution in [0.2, 0.25) is 0 Å². The highest BCUT2D eigenvalue weighted by Crippen LogP contribution is 2.42. The summed E-state index contributed by atoms with van der Waals surface area (Å²) in [6.45, 7) is 2.19. The normalized spacial score (nSPS) is 29.6. The number of thioether (sulfide) groups is 1. The zero-order valence-corrected chi connectivity index (χ0v) is 7.38. The summed E-state index contributed by atoms with van der Waals surface area (Å²) >= 11 is 1.88. The molecular formula is C8H13NOS. The summed E-state index contributed by atoms with van der Waals surface area (Å²) in [5.74, 6) is 1.22. The Morgan fingerprint density at radius 2 is 2.09 bits per heavy atom. The fourth-order valence-electron chi connectivity index (χ4n) is 1.90. The lowest BCUT2D eigenvalue weighted by atomic mass is 9.92. The highest BCUT2D eigenvalue weighted by Gasteiger charge is 2.39. The lowest BCUT2D eigenvalue weighted by molar-refractivity contribution is -0.116. The van der Waals surface area contributed by atoms with Crippen LogP contribution in [0.4, 0.5) is 0 Å². The van der Waals surface area contributed by atoms with E-state index in [0.717, 1.165) is 25.3 Å². The average Bonchev–Trinajstić information content (AvgIpc) is 2.34. The number of ketones is 1. The first-order valence-electron chi connectivity index (χ1n) is 4.17. The molecule has 0 bridgehead atoms. The van der Waals surface area contributed by atoms with Gasteiger partial charge in [0.05, 0.1) is 5.75 Å². The van der Waals surface area contributed by atoms with Gasteiger partial charge in [0.1, 0.15) is 5.78 Å². The number of nitrogens with one attached hydrogen (secondary N) is 1. The predicted molar refractivity (Wildman–Crippen MR) is 46.9 cm³/mol. The molecule has 62 valence electrons. The Morgan fingerprint density at radius 3 is 2.64 bits per heavy atom. The Bertz CT molecular complexity index is 175. The van der Waals surface area contributed by atoms with Gasteiger partial charge in [-0.15, -0.1) is 11.8 Å². The average molecular weight is 171 g/mol. The molecule has 0 saturated carbocycles. The lowest BCUT2D eigenvalue weighted by Gasteiger charge is -2.31. The first kappa shape index (κ1) is 7.62. The van der Waals surface area contributed by atoms with Gasteiger partial charge in [0.15, 0.2) is 0 Å². The number of carbonyl (C=O) groups is 1. The molecule has 0 aromatic heterocycles. The molecule has 0 unspecified atom stereocenters. The van der Waals surface area contributed by atoms with Crippen LogP contribution in [0.3, 0.4) is 0 Å². The highest BCUT2D eigenvalue weighted by atomic mass is 32.2. The minimum absolute atomic E-state index is 0.350. The smallest absolute Gasteiger partial charge is 0.144 e. The molecule has 2 fully saturated rings. The van der Waals surface area contributed by atoms with Gasteiger partial charge in [-0.3, -0.25) is 4.79 Å². The van der Waals surface area contributed by atoms with Gasteiger partial charge in [-0.1, -0.05) is 0 Å². The molecule has 1 spiro atoms. The van der Waals surface area contributed by atoms with E-state index in [1.807, 2.05) is 11.8 Å². The van der Waals surface area contributed by atoms with E-state index in [9.17, 15) is 4.79 Å². The molecule has 2 nitrogen and oxygen atoms in total. The molecule has 2 aliphatic heterocycles.